The second-order valence-electron chi connectivity index (χ2n) is 7.12. The van der Waals surface area contributed by atoms with E-state index in [4.69, 9.17) is 18.9 Å². The zero-order valence-corrected chi connectivity index (χ0v) is 16.5. The summed E-state index contributed by atoms with van der Waals surface area (Å²) in [5, 5.41) is 10.2. The van der Waals surface area contributed by atoms with Crippen molar-refractivity contribution in [3.63, 3.8) is 0 Å². The van der Waals surface area contributed by atoms with Gasteiger partial charge in [-0.25, -0.2) is 0 Å². The molecule has 0 unspecified atom stereocenters. The summed E-state index contributed by atoms with van der Waals surface area (Å²) in [6.07, 6.45) is 0.0439. The Kier molecular flexibility index (Phi) is 4.45. The van der Waals surface area contributed by atoms with Crippen molar-refractivity contribution in [2.45, 2.75) is 26.2 Å². The first-order valence-corrected chi connectivity index (χ1v) is 9.08. The SMILES string of the molecule is COc1cc([C@@H]2CC(=O)Oc3ccc4c(c32)OC(=C(C)C)C4=O)cc(OC)c1O. The molecule has 1 N–H and O–H groups in total. The fourth-order valence-corrected chi connectivity index (χ4v) is 3.72. The van der Waals surface area contributed by atoms with Gasteiger partial charge in [0.2, 0.25) is 11.5 Å². The highest BCUT2D eigenvalue weighted by atomic mass is 16.5. The summed E-state index contributed by atoms with van der Waals surface area (Å²) in [5.74, 6) is 0.266. The predicted octanol–water partition coefficient (Wildman–Crippen LogP) is 3.72. The lowest BCUT2D eigenvalue weighted by Gasteiger charge is -2.27. The standard InChI is InChI=1S/C22H20O7/c1-10(2)21-19(24)12-5-6-14-18(22(12)29-21)13(9-17(23)28-14)11-7-15(26-3)20(25)16(8-11)27-4/h5-8,13,25H,9H2,1-4H3/t13-/m0/s1. The van der Waals surface area contributed by atoms with Crippen LogP contribution in [0.4, 0.5) is 0 Å². The quantitative estimate of drug-likeness (QED) is 0.480. The Labute approximate surface area is 167 Å². The van der Waals surface area contributed by atoms with Crippen molar-refractivity contribution < 1.29 is 33.6 Å². The number of phenolic OH excluding ortho intramolecular Hbond substituents is 1. The molecule has 0 saturated carbocycles. The first-order chi connectivity index (χ1) is 13.8. The van der Waals surface area contributed by atoms with E-state index in [2.05, 4.69) is 0 Å². The molecule has 2 heterocycles. The normalized spacial score (nSPS) is 17.2. The van der Waals surface area contributed by atoms with Crippen LogP contribution in [0.1, 0.15) is 47.7 Å². The fraction of sp³-hybridized carbons (Fsp3) is 0.273. The van der Waals surface area contributed by atoms with Crippen molar-refractivity contribution >= 4 is 11.8 Å². The summed E-state index contributed by atoms with van der Waals surface area (Å²) in [6.45, 7) is 3.61. The van der Waals surface area contributed by atoms with Gasteiger partial charge in [-0.15, -0.1) is 0 Å². The second kappa shape index (κ2) is 6.84. The summed E-state index contributed by atoms with van der Waals surface area (Å²) < 4.78 is 21.9. The number of ketones is 1. The summed E-state index contributed by atoms with van der Waals surface area (Å²) in [6, 6.07) is 6.51. The van der Waals surface area contributed by atoms with E-state index < -0.39 is 11.9 Å². The van der Waals surface area contributed by atoms with Crippen LogP contribution in [0, 0.1) is 0 Å². The van der Waals surface area contributed by atoms with E-state index in [1.165, 1.54) is 14.2 Å². The largest absolute Gasteiger partial charge is 0.502 e. The Morgan fingerprint density at radius 1 is 1.07 bits per heavy atom. The molecule has 2 aliphatic rings. The zero-order chi connectivity index (χ0) is 20.9. The third kappa shape index (κ3) is 2.90. The minimum Gasteiger partial charge on any atom is -0.502 e. The van der Waals surface area contributed by atoms with Crippen LogP contribution in [0.5, 0.6) is 28.7 Å². The molecule has 7 heteroatoms. The maximum absolute atomic E-state index is 12.7. The predicted molar refractivity (Wildman–Crippen MR) is 103 cm³/mol. The number of fused-ring (bicyclic) bond motifs is 3. The molecule has 0 fully saturated rings. The van der Waals surface area contributed by atoms with E-state index in [9.17, 15) is 14.7 Å². The van der Waals surface area contributed by atoms with Gasteiger partial charge in [0.25, 0.3) is 0 Å². The van der Waals surface area contributed by atoms with E-state index in [1.807, 2.05) is 0 Å². The molecule has 2 aliphatic heterocycles. The number of hydrogen-bond donors (Lipinski definition) is 1. The lowest BCUT2D eigenvalue weighted by molar-refractivity contribution is -0.135. The molecule has 0 spiro atoms. The zero-order valence-electron chi connectivity index (χ0n) is 16.5. The van der Waals surface area contributed by atoms with Gasteiger partial charge in [-0.1, -0.05) is 0 Å². The molecular formula is C22H20O7. The third-order valence-corrected chi connectivity index (χ3v) is 5.11. The summed E-state index contributed by atoms with van der Waals surface area (Å²) >= 11 is 0. The first kappa shape index (κ1) is 18.9. The topological polar surface area (TPSA) is 91.3 Å². The average Bonchev–Trinajstić information content (AvgIpc) is 3.04. The second-order valence-corrected chi connectivity index (χ2v) is 7.12. The van der Waals surface area contributed by atoms with Gasteiger partial charge in [0, 0.05) is 11.5 Å². The number of rotatable bonds is 3. The van der Waals surface area contributed by atoms with Crippen LogP contribution in [-0.4, -0.2) is 31.1 Å². The Balaban J connectivity index is 1.94. The number of hydrogen-bond acceptors (Lipinski definition) is 7. The highest BCUT2D eigenvalue weighted by Crippen LogP contribution is 2.51. The van der Waals surface area contributed by atoms with Crippen molar-refractivity contribution in [1.82, 2.24) is 0 Å². The van der Waals surface area contributed by atoms with Gasteiger partial charge in [-0.3, -0.25) is 9.59 Å². The molecule has 1 atom stereocenters. The smallest absolute Gasteiger partial charge is 0.312 e. The van der Waals surface area contributed by atoms with Crippen molar-refractivity contribution in [2.24, 2.45) is 0 Å². The molecule has 0 amide bonds. The molecule has 0 aromatic heterocycles. The van der Waals surface area contributed by atoms with Crippen molar-refractivity contribution in [2.75, 3.05) is 14.2 Å². The molecule has 7 nitrogen and oxygen atoms in total. The third-order valence-electron chi connectivity index (χ3n) is 5.11. The maximum atomic E-state index is 12.7. The van der Waals surface area contributed by atoms with Gasteiger partial charge in [0.1, 0.15) is 11.5 Å². The number of esters is 1. The van der Waals surface area contributed by atoms with Crippen LogP contribution in [-0.2, 0) is 4.79 Å². The summed E-state index contributed by atoms with van der Waals surface area (Å²) in [4.78, 5) is 25.0. The van der Waals surface area contributed by atoms with Crippen LogP contribution in [0.25, 0.3) is 0 Å². The highest BCUT2D eigenvalue weighted by Gasteiger charge is 2.39. The molecule has 0 saturated heterocycles. The number of allylic oxidation sites excluding steroid dienone is 2. The van der Waals surface area contributed by atoms with E-state index >= 15 is 0 Å². The molecule has 0 bridgehead atoms. The van der Waals surface area contributed by atoms with Gasteiger partial charge in [0.05, 0.1) is 26.2 Å². The number of Topliss-reactive ketones (excluding diaryl/α,β-unsaturated/α-hetero) is 1. The van der Waals surface area contributed by atoms with E-state index in [-0.39, 0.29) is 35.2 Å². The molecule has 0 radical (unpaired) electrons. The van der Waals surface area contributed by atoms with E-state index in [1.54, 1.807) is 38.1 Å². The van der Waals surface area contributed by atoms with Gasteiger partial charge >= 0.3 is 5.97 Å². The number of aromatic hydroxyl groups is 1. The number of carbonyl (C=O) groups excluding carboxylic acids is 2. The number of methoxy groups -OCH3 is 2. The maximum Gasteiger partial charge on any atom is 0.312 e. The Hall–Kier alpha value is -3.48. The molecule has 2 aromatic rings. The van der Waals surface area contributed by atoms with Crippen LogP contribution in [0.15, 0.2) is 35.6 Å². The lowest BCUT2D eigenvalue weighted by atomic mass is 9.84. The Morgan fingerprint density at radius 2 is 1.72 bits per heavy atom. The van der Waals surface area contributed by atoms with Gasteiger partial charge in [0.15, 0.2) is 17.3 Å². The van der Waals surface area contributed by atoms with Gasteiger partial charge in [-0.05, 0) is 49.2 Å². The van der Waals surface area contributed by atoms with E-state index in [0.29, 0.717) is 28.2 Å². The number of benzene rings is 2. The molecule has 2 aromatic carbocycles. The van der Waals surface area contributed by atoms with Gasteiger partial charge in [-0.2, -0.15) is 0 Å². The molecule has 29 heavy (non-hydrogen) atoms. The molecule has 150 valence electrons. The Morgan fingerprint density at radius 3 is 2.31 bits per heavy atom. The van der Waals surface area contributed by atoms with Crippen molar-refractivity contribution in [3.05, 3.63) is 52.3 Å². The molecular weight excluding hydrogens is 376 g/mol. The monoisotopic (exact) mass is 396 g/mol. The molecule has 4 rings (SSSR count). The summed E-state index contributed by atoms with van der Waals surface area (Å²) in [5.41, 5.74) is 2.48. The van der Waals surface area contributed by atoms with Gasteiger partial charge < -0.3 is 24.1 Å². The number of carbonyl (C=O) groups is 2. The summed E-state index contributed by atoms with van der Waals surface area (Å²) in [7, 11) is 2.86. The van der Waals surface area contributed by atoms with Crippen LogP contribution in [0.3, 0.4) is 0 Å². The molecule has 0 aliphatic carbocycles. The van der Waals surface area contributed by atoms with Crippen molar-refractivity contribution in [1.29, 1.82) is 0 Å². The number of phenols is 1. The van der Waals surface area contributed by atoms with Crippen LogP contribution < -0.4 is 18.9 Å². The lowest BCUT2D eigenvalue weighted by Crippen LogP contribution is -2.21. The van der Waals surface area contributed by atoms with Crippen LogP contribution >= 0.6 is 0 Å². The fourth-order valence-electron chi connectivity index (χ4n) is 3.72. The first-order valence-electron chi connectivity index (χ1n) is 9.08. The minimum atomic E-state index is -0.464. The van der Waals surface area contributed by atoms with Crippen molar-refractivity contribution in [3.8, 4) is 28.7 Å². The van der Waals surface area contributed by atoms with E-state index in [0.717, 1.165) is 5.57 Å². The Bertz CT molecular complexity index is 1050. The minimum absolute atomic E-state index is 0.0439. The highest BCUT2D eigenvalue weighted by molar-refractivity contribution is 6.13. The van der Waals surface area contributed by atoms with Crippen LogP contribution in [0.2, 0.25) is 0 Å². The average molecular weight is 396 g/mol. The number of ether oxygens (including phenoxy) is 4.